The number of carbonyl (C=O) groups excluding carboxylic acids is 1. The molecule has 1 aliphatic heterocycles. The Kier molecular flexibility index (Phi) is 11.4. The van der Waals surface area contributed by atoms with Gasteiger partial charge in [-0.15, -0.1) is 5.10 Å². The Balaban J connectivity index is 1.37. The lowest BCUT2D eigenvalue weighted by atomic mass is 9.95. The van der Waals surface area contributed by atoms with E-state index >= 15 is 0 Å². The van der Waals surface area contributed by atoms with Crippen LogP contribution < -0.4 is 14.8 Å². The molecular formula is C36H30BrCl3N4O4S. The van der Waals surface area contributed by atoms with Crippen molar-refractivity contribution in [2.45, 2.75) is 44.0 Å². The average molecular weight is 801 g/mol. The predicted octanol–water partition coefficient (Wildman–Crippen LogP) is 10.3. The van der Waals surface area contributed by atoms with E-state index in [1.807, 2.05) is 80.6 Å². The van der Waals surface area contributed by atoms with Gasteiger partial charge in [0.1, 0.15) is 19.3 Å². The van der Waals surface area contributed by atoms with Crippen LogP contribution in [0.5, 0.6) is 11.5 Å². The van der Waals surface area contributed by atoms with E-state index in [-0.39, 0.29) is 13.2 Å². The van der Waals surface area contributed by atoms with Crippen molar-refractivity contribution >= 4 is 74.4 Å². The van der Waals surface area contributed by atoms with E-state index in [0.717, 1.165) is 11.1 Å². The van der Waals surface area contributed by atoms with Crippen molar-refractivity contribution in [3.8, 4) is 11.5 Å². The van der Waals surface area contributed by atoms with Crippen molar-refractivity contribution < 1.29 is 19.0 Å². The number of halogens is 4. The van der Waals surface area contributed by atoms with Crippen molar-refractivity contribution in [1.29, 1.82) is 0 Å². The number of nitrogens with zero attached hydrogens (tertiary/aromatic N) is 3. The molecule has 1 atom stereocenters. The van der Waals surface area contributed by atoms with Crippen LogP contribution in [0, 0.1) is 0 Å². The van der Waals surface area contributed by atoms with Gasteiger partial charge >= 0.3 is 5.97 Å². The number of carbonyl (C=O) groups is 1. The zero-order valence-corrected chi connectivity index (χ0v) is 31.1. The molecule has 1 N–H and O–H groups in total. The number of anilines is 1. The smallest absolute Gasteiger partial charge is 0.338 e. The maximum Gasteiger partial charge on any atom is 0.338 e. The molecule has 0 radical (unpaired) electrons. The first kappa shape index (κ1) is 35.2. The summed E-state index contributed by atoms with van der Waals surface area (Å²) in [5.74, 6) is 1.46. The van der Waals surface area contributed by atoms with E-state index in [4.69, 9.17) is 59.1 Å². The Morgan fingerprint density at radius 2 is 1.65 bits per heavy atom. The number of fused-ring (bicyclic) bond motifs is 1. The van der Waals surface area contributed by atoms with E-state index in [0.29, 0.717) is 76.9 Å². The molecule has 1 unspecified atom stereocenters. The molecule has 0 amide bonds. The molecule has 8 nitrogen and oxygen atoms in total. The molecule has 1 aliphatic rings. The molecule has 252 valence electrons. The summed E-state index contributed by atoms with van der Waals surface area (Å²) in [4.78, 5) is 18.7. The molecule has 0 saturated carbocycles. The maximum absolute atomic E-state index is 13.9. The van der Waals surface area contributed by atoms with E-state index in [1.54, 1.807) is 22.9 Å². The first-order chi connectivity index (χ1) is 23.7. The van der Waals surface area contributed by atoms with Crippen LogP contribution in [0.4, 0.5) is 5.95 Å². The fourth-order valence-electron chi connectivity index (χ4n) is 5.29. The second-order valence-electron chi connectivity index (χ2n) is 10.9. The third-order valence-corrected chi connectivity index (χ3v) is 10.2. The molecule has 49 heavy (non-hydrogen) atoms. The number of thioether (sulfide) groups is 1. The second kappa shape index (κ2) is 15.9. The number of allylic oxidation sites excluding steroid dienone is 1. The summed E-state index contributed by atoms with van der Waals surface area (Å²) in [6.45, 7) is 4.29. The van der Waals surface area contributed by atoms with Crippen LogP contribution in [0.15, 0.2) is 106 Å². The molecule has 13 heteroatoms. The molecule has 2 heterocycles. The third kappa shape index (κ3) is 8.05. The van der Waals surface area contributed by atoms with Crippen molar-refractivity contribution in [3.63, 3.8) is 0 Å². The van der Waals surface area contributed by atoms with Gasteiger partial charge in [0.25, 0.3) is 0 Å². The normalized spacial score (nSPS) is 13.9. The zero-order chi connectivity index (χ0) is 34.5. The van der Waals surface area contributed by atoms with Gasteiger partial charge in [0.05, 0.1) is 16.7 Å². The molecule has 0 aliphatic carbocycles. The predicted molar refractivity (Wildman–Crippen MR) is 198 cm³/mol. The summed E-state index contributed by atoms with van der Waals surface area (Å²) in [6.07, 6.45) is 0. The topological polar surface area (TPSA) is 87.5 Å². The van der Waals surface area contributed by atoms with Crippen LogP contribution in [0.3, 0.4) is 0 Å². The highest BCUT2D eigenvalue weighted by molar-refractivity contribution is 9.10. The summed E-state index contributed by atoms with van der Waals surface area (Å²) >= 11 is 24.4. The van der Waals surface area contributed by atoms with Gasteiger partial charge in [0, 0.05) is 32.1 Å². The number of hydrogen-bond acceptors (Lipinski definition) is 8. The highest BCUT2D eigenvalue weighted by Crippen LogP contribution is 2.44. The van der Waals surface area contributed by atoms with Crippen LogP contribution >= 0.6 is 62.5 Å². The lowest BCUT2D eigenvalue weighted by molar-refractivity contribution is -0.140. The van der Waals surface area contributed by atoms with Crippen LogP contribution in [0.25, 0.3) is 0 Å². The fourth-order valence-corrected chi connectivity index (χ4v) is 7.48. The minimum atomic E-state index is -0.718. The number of ether oxygens (including phenoxy) is 3. The van der Waals surface area contributed by atoms with Gasteiger partial charge in [-0.05, 0) is 76.8 Å². The molecular weight excluding hydrogens is 771 g/mol. The Labute approximate surface area is 311 Å². The standard InChI is InChI=1S/C36H30BrCl3N4O4S/c1-3-46-30-17-24(16-26(37)33(30)47-19-25-28(39)14-9-15-29(25)40)32-31(34(45)48-18-22-10-5-4-6-11-22)21(2)41-35-42-36(43-44(32)35)49-20-23-12-7-8-13-27(23)38/h4-17,32H,3,18-20H2,1-2H3,(H,41,42,43). The molecule has 4 aromatic carbocycles. The largest absolute Gasteiger partial charge is 0.490 e. The third-order valence-electron chi connectivity index (χ3n) is 7.65. The number of rotatable bonds is 12. The van der Waals surface area contributed by atoms with Gasteiger partial charge in [0.2, 0.25) is 11.1 Å². The van der Waals surface area contributed by atoms with E-state index in [1.165, 1.54) is 11.8 Å². The number of esters is 1. The summed E-state index contributed by atoms with van der Waals surface area (Å²) in [6, 6.07) is 25.5. The number of hydrogen-bond donors (Lipinski definition) is 1. The van der Waals surface area contributed by atoms with Gasteiger partial charge in [-0.2, -0.15) is 4.98 Å². The Morgan fingerprint density at radius 3 is 2.39 bits per heavy atom. The molecule has 0 spiro atoms. The highest BCUT2D eigenvalue weighted by Gasteiger charge is 2.36. The quantitative estimate of drug-likeness (QED) is 0.0986. The summed E-state index contributed by atoms with van der Waals surface area (Å²) in [5.41, 5.74) is 4.15. The lowest BCUT2D eigenvalue weighted by Gasteiger charge is -2.29. The maximum atomic E-state index is 13.9. The average Bonchev–Trinajstić information content (AvgIpc) is 3.49. The monoisotopic (exact) mass is 798 g/mol. The van der Waals surface area contributed by atoms with Crippen molar-refractivity contribution in [2.75, 3.05) is 11.9 Å². The summed E-state index contributed by atoms with van der Waals surface area (Å²) < 4.78 is 20.5. The minimum absolute atomic E-state index is 0.109. The lowest BCUT2D eigenvalue weighted by Crippen LogP contribution is -2.29. The Hall–Kier alpha value is -3.67. The van der Waals surface area contributed by atoms with Crippen LogP contribution in [0.2, 0.25) is 15.1 Å². The van der Waals surface area contributed by atoms with Crippen LogP contribution in [0.1, 0.15) is 42.1 Å². The molecule has 6 rings (SSSR count). The van der Waals surface area contributed by atoms with Crippen molar-refractivity contribution in [1.82, 2.24) is 14.8 Å². The van der Waals surface area contributed by atoms with E-state index in [2.05, 4.69) is 21.2 Å². The molecule has 0 saturated heterocycles. The zero-order valence-electron chi connectivity index (χ0n) is 26.4. The second-order valence-corrected chi connectivity index (χ2v) is 13.9. The van der Waals surface area contributed by atoms with Crippen molar-refractivity contribution in [2.24, 2.45) is 0 Å². The van der Waals surface area contributed by atoms with Crippen LogP contribution in [-0.4, -0.2) is 27.3 Å². The number of aromatic nitrogens is 3. The highest BCUT2D eigenvalue weighted by atomic mass is 79.9. The number of nitrogens with one attached hydrogen (secondary N) is 1. The van der Waals surface area contributed by atoms with Crippen molar-refractivity contribution in [3.05, 3.63) is 138 Å². The molecule has 5 aromatic rings. The van der Waals surface area contributed by atoms with Gasteiger partial charge in [-0.1, -0.05) is 101 Å². The SMILES string of the molecule is CCOc1cc(C2C(C(=O)OCc3ccccc3)=C(C)Nc3nc(SCc4ccccc4Cl)nn32)cc(Br)c1OCc1c(Cl)cccc1Cl. The first-order valence-corrected chi connectivity index (χ1v) is 18.2. The Bertz CT molecular complexity index is 2010. The first-order valence-electron chi connectivity index (χ1n) is 15.3. The molecule has 0 fully saturated rings. The Morgan fingerprint density at radius 1 is 0.939 bits per heavy atom. The molecule has 1 aromatic heterocycles. The minimum Gasteiger partial charge on any atom is -0.490 e. The van der Waals surface area contributed by atoms with Gasteiger partial charge in [0.15, 0.2) is 11.5 Å². The van der Waals surface area contributed by atoms with E-state index < -0.39 is 12.0 Å². The number of benzene rings is 4. The van der Waals surface area contributed by atoms with Gasteiger partial charge in [-0.3, -0.25) is 0 Å². The van der Waals surface area contributed by atoms with E-state index in [9.17, 15) is 4.79 Å². The van der Waals surface area contributed by atoms with Gasteiger partial charge in [-0.25, -0.2) is 9.48 Å². The molecule has 0 bridgehead atoms. The summed E-state index contributed by atoms with van der Waals surface area (Å²) in [5, 5.41) is 10.3. The van der Waals surface area contributed by atoms with Crippen LogP contribution in [-0.2, 0) is 28.5 Å². The summed E-state index contributed by atoms with van der Waals surface area (Å²) in [7, 11) is 0. The van der Waals surface area contributed by atoms with Gasteiger partial charge < -0.3 is 19.5 Å². The fraction of sp³-hybridized carbons (Fsp3) is 0.194.